The van der Waals surface area contributed by atoms with Crippen molar-refractivity contribution in [3.8, 4) is 0 Å². The summed E-state index contributed by atoms with van der Waals surface area (Å²) in [6.07, 6.45) is 0. The SMILES string of the molecule is O.O.O=S(=O)(O)CCS(=O)(=O)O. The van der Waals surface area contributed by atoms with E-state index < -0.39 is 31.7 Å². The largest absolute Gasteiger partial charge is 0.412 e. The van der Waals surface area contributed by atoms with Crippen LogP contribution in [0.5, 0.6) is 0 Å². The molecule has 0 bridgehead atoms. The summed E-state index contributed by atoms with van der Waals surface area (Å²) >= 11 is 0. The van der Waals surface area contributed by atoms with Gasteiger partial charge in [0, 0.05) is 0 Å². The van der Waals surface area contributed by atoms with Crippen molar-refractivity contribution < 1.29 is 36.9 Å². The van der Waals surface area contributed by atoms with E-state index in [2.05, 4.69) is 0 Å². The van der Waals surface area contributed by atoms with E-state index in [1.54, 1.807) is 0 Å². The van der Waals surface area contributed by atoms with Crippen LogP contribution < -0.4 is 0 Å². The van der Waals surface area contributed by atoms with Crippen LogP contribution in [0.25, 0.3) is 0 Å². The first-order valence-corrected chi connectivity index (χ1v) is 5.33. The minimum atomic E-state index is -4.30. The van der Waals surface area contributed by atoms with Gasteiger partial charge in [-0.05, 0) is 0 Å². The monoisotopic (exact) mass is 226 g/mol. The Labute approximate surface area is 69.3 Å². The molecule has 0 aromatic carbocycles. The van der Waals surface area contributed by atoms with Crippen LogP contribution in [0.3, 0.4) is 0 Å². The molecular weight excluding hydrogens is 216 g/mol. The second-order valence-electron chi connectivity index (χ2n) is 1.57. The molecule has 0 atom stereocenters. The van der Waals surface area contributed by atoms with Crippen molar-refractivity contribution in [1.29, 1.82) is 0 Å². The van der Waals surface area contributed by atoms with Crippen molar-refractivity contribution >= 4 is 20.2 Å². The third-order valence-corrected chi connectivity index (χ3v) is 2.30. The average Bonchev–Trinajstić information content (AvgIpc) is 1.57. The van der Waals surface area contributed by atoms with Gasteiger partial charge in [0.15, 0.2) is 0 Å². The zero-order chi connectivity index (χ0) is 8.41. The number of hydrogen-bond donors (Lipinski definition) is 2. The van der Waals surface area contributed by atoms with Crippen molar-refractivity contribution in [2.45, 2.75) is 0 Å². The summed E-state index contributed by atoms with van der Waals surface area (Å²) in [7, 11) is -8.59. The molecule has 0 heterocycles. The van der Waals surface area contributed by atoms with E-state index >= 15 is 0 Å². The van der Waals surface area contributed by atoms with Crippen molar-refractivity contribution in [3.63, 3.8) is 0 Å². The molecule has 0 radical (unpaired) electrons. The number of hydrogen-bond acceptors (Lipinski definition) is 4. The van der Waals surface area contributed by atoms with Gasteiger partial charge in [0.1, 0.15) is 0 Å². The summed E-state index contributed by atoms with van der Waals surface area (Å²) in [6, 6.07) is 0. The molecule has 0 unspecified atom stereocenters. The van der Waals surface area contributed by atoms with Gasteiger partial charge < -0.3 is 11.0 Å². The smallest absolute Gasteiger partial charge is 0.265 e. The van der Waals surface area contributed by atoms with Crippen LogP contribution in [0.15, 0.2) is 0 Å². The van der Waals surface area contributed by atoms with Gasteiger partial charge in [-0.3, -0.25) is 9.11 Å². The van der Waals surface area contributed by atoms with Gasteiger partial charge in [-0.15, -0.1) is 0 Å². The molecule has 0 aliphatic heterocycles. The Morgan fingerprint density at radius 1 is 0.750 bits per heavy atom. The van der Waals surface area contributed by atoms with Crippen LogP contribution in [0.2, 0.25) is 0 Å². The predicted octanol–water partition coefficient (Wildman–Crippen LogP) is -2.89. The van der Waals surface area contributed by atoms with Gasteiger partial charge in [-0.25, -0.2) is 0 Å². The molecule has 0 saturated heterocycles. The third kappa shape index (κ3) is 16.4. The Morgan fingerprint density at radius 3 is 1.00 bits per heavy atom. The maximum atomic E-state index is 9.86. The topological polar surface area (TPSA) is 172 Å². The maximum absolute atomic E-state index is 9.86. The third-order valence-electron chi connectivity index (χ3n) is 0.599. The first-order chi connectivity index (χ1) is 4.21. The lowest BCUT2D eigenvalue weighted by atomic mass is 11.0. The highest BCUT2D eigenvalue weighted by Crippen LogP contribution is 1.86. The van der Waals surface area contributed by atoms with Crippen LogP contribution in [0.1, 0.15) is 0 Å². The highest BCUT2D eigenvalue weighted by atomic mass is 32.2. The molecule has 8 nitrogen and oxygen atoms in total. The molecule has 0 aliphatic rings. The zero-order valence-corrected chi connectivity index (χ0v) is 7.39. The quantitative estimate of drug-likeness (QED) is 0.488. The minimum absolute atomic E-state index is 0. The Bertz CT molecular complexity index is 251. The molecule has 0 amide bonds. The summed E-state index contributed by atoms with van der Waals surface area (Å²) in [6.45, 7) is 0. The highest BCUT2D eigenvalue weighted by Gasteiger charge is 2.11. The summed E-state index contributed by atoms with van der Waals surface area (Å²) in [5.41, 5.74) is 0. The Hall–Kier alpha value is -0.260. The number of rotatable bonds is 3. The van der Waals surface area contributed by atoms with Gasteiger partial charge in [0.2, 0.25) is 0 Å². The van der Waals surface area contributed by atoms with Crippen LogP contribution in [0, 0.1) is 0 Å². The molecule has 0 aromatic rings. The molecule has 0 spiro atoms. The molecular formula is C2H10O8S2. The summed E-state index contributed by atoms with van der Waals surface area (Å²) in [5.74, 6) is -1.96. The van der Waals surface area contributed by atoms with Crippen molar-refractivity contribution in [3.05, 3.63) is 0 Å². The lowest BCUT2D eigenvalue weighted by molar-refractivity contribution is 0.472. The van der Waals surface area contributed by atoms with Crippen molar-refractivity contribution in [2.75, 3.05) is 11.5 Å². The fraction of sp³-hybridized carbons (Fsp3) is 1.00. The van der Waals surface area contributed by atoms with Gasteiger partial charge in [-0.2, -0.15) is 16.8 Å². The molecule has 0 saturated carbocycles. The fourth-order valence-corrected chi connectivity index (χ4v) is 1.90. The summed E-state index contributed by atoms with van der Waals surface area (Å²) in [5, 5.41) is 0. The molecule has 78 valence electrons. The Morgan fingerprint density at radius 2 is 0.917 bits per heavy atom. The highest BCUT2D eigenvalue weighted by molar-refractivity contribution is 7.89. The van der Waals surface area contributed by atoms with E-state index in [9.17, 15) is 16.8 Å². The second-order valence-corrected chi connectivity index (χ2v) is 4.72. The van der Waals surface area contributed by atoms with E-state index in [0.29, 0.717) is 0 Å². The second kappa shape index (κ2) is 5.40. The Balaban J connectivity index is -0.000000405. The van der Waals surface area contributed by atoms with Crippen molar-refractivity contribution in [2.24, 2.45) is 0 Å². The van der Waals surface area contributed by atoms with Gasteiger partial charge >= 0.3 is 0 Å². The van der Waals surface area contributed by atoms with Gasteiger partial charge in [0.05, 0.1) is 11.5 Å². The van der Waals surface area contributed by atoms with E-state index in [4.69, 9.17) is 9.11 Å². The summed E-state index contributed by atoms with van der Waals surface area (Å²) in [4.78, 5) is 0. The van der Waals surface area contributed by atoms with Crippen LogP contribution >= 0.6 is 0 Å². The first-order valence-electron chi connectivity index (χ1n) is 2.11. The van der Waals surface area contributed by atoms with Crippen molar-refractivity contribution in [1.82, 2.24) is 0 Å². The van der Waals surface area contributed by atoms with Gasteiger partial charge in [0.25, 0.3) is 20.2 Å². The van der Waals surface area contributed by atoms with Crippen LogP contribution in [-0.2, 0) is 20.2 Å². The molecule has 0 aliphatic carbocycles. The predicted molar refractivity (Wildman–Crippen MR) is 40.1 cm³/mol. The van der Waals surface area contributed by atoms with E-state index in [1.807, 2.05) is 0 Å². The fourth-order valence-electron chi connectivity index (χ4n) is 0.211. The zero-order valence-electron chi connectivity index (χ0n) is 5.76. The molecule has 0 fully saturated rings. The molecule has 12 heavy (non-hydrogen) atoms. The van der Waals surface area contributed by atoms with Crippen LogP contribution in [0.4, 0.5) is 0 Å². The molecule has 0 aromatic heterocycles. The molecule has 10 heteroatoms. The standard InChI is InChI=1S/C2H6O6S2.2H2O/c3-9(4,5)1-2-10(6,7)8;;/h1-2H2,(H,3,4,5)(H,6,7,8);2*1H2. The minimum Gasteiger partial charge on any atom is -0.412 e. The maximum Gasteiger partial charge on any atom is 0.265 e. The normalized spacial score (nSPS) is 11.2. The van der Waals surface area contributed by atoms with E-state index in [-0.39, 0.29) is 11.0 Å². The lowest BCUT2D eigenvalue weighted by Crippen LogP contribution is -2.15. The van der Waals surface area contributed by atoms with Crippen LogP contribution in [-0.4, -0.2) is 48.4 Å². The summed E-state index contributed by atoms with van der Waals surface area (Å²) < 4.78 is 55.4. The average molecular weight is 226 g/mol. The first kappa shape index (κ1) is 17.7. The Kier molecular flexibility index (Phi) is 7.97. The molecule has 6 N–H and O–H groups in total. The lowest BCUT2D eigenvalue weighted by Gasteiger charge is -1.92. The van der Waals surface area contributed by atoms with E-state index in [0.717, 1.165) is 0 Å². The van der Waals surface area contributed by atoms with E-state index in [1.165, 1.54) is 0 Å². The molecule has 0 rings (SSSR count). The van der Waals surface area contributed by atoms with Gasteiger partial charge in [-0.1, -0.05) is 0 Å².